The molecule has 1 aliphatic heterocycles. The lowest BCUT2D eigenvalue weighted by atomic mass is 10.1. The highest BCUT2D eigenvalue weighted by molar-refractivity contribution is 5.75. The maximum atomic E-state index is 9.94. The summed E-state index contributed by atoms with van der Waals surface area (Å²) in [5.41, 5.74) is 5.93. The first-order valence-electron chi connectivity index (χ1n) is 6.11. The van der Waals surface area contributed by atoms with E-state index in [0.29, 0.717) is 0 Å². The van der Waals surface area contributed by atoms with Gasteiger partial charge in [-0.1, -0.05) is 0 Å². The Hall–Kier alpha value is -2.08. The second kappa shape index (κ2) is 5.04. The minimum absolute atomic E-state index is 0.0347. The number of nitrogen functional groups attached to an aromatic ring is 1. The van der Waals surface area contributed by atoms with E-state index in [1.54, 1.807) is 0 Å². The molecule has 4 unspecified atom stereocenters. The molecule has 0 saturated carbocycles. The quantitative estimate of drug-likeness (QED) is 0.473. The highest BCUT2D eigenvalue weighted by atomic mass is 16.6. The number of anilines is 1. The van der Waals surface area contributed by atoms with Crippen molar-refractivity contribution in [3.8, 4) is 5.88 Å². The van der Waals surface area contributed by atoms with Crippen LogP contribution in [0.5, 0.6) is 5.88 Å². The molecule has 21 heavy (non-hydrogen) atoms. The van der Waals surface area contributed by atoms with Gasteiger partial charge >= 0.3 is 0 Å². The first-order valence-corrected chi connectivity index (χ1v) is 6.11. The summed E-state index contributed by atoms with van der Waals surface area (Å²) in [4.78, 5) is 8.81. The molecular formula is C10H14N6O5. The van der Waals surface area contributed by atoms with Crippen LogP contribution in [0.15, 0.2) is 0 Å². The molecule has 0 aliphatic carbocycles. The number of rotatable bonds is 3. The summed E-state index contributed by atoms with van der Waals surface area (Å²) < 4.78 is 10.4. The monoisotopic (exact) mass is 298 g/mol. The van der Waals surface area contributed by atoms with Crippen LogP contribution in [0.2, 0.25) is 0 Å². The van der Waals surface area contributed by atoms with E-state index >= 15 is 0 Å². The average molecular weight is 298 g/mol. The van der Waals surface area contributed by atoms with Gasteiger partial charge in [-0.05, 0) is 0 Å². The first kappa shape index (κ1) is 13.9. The van der Waals surface area contributed by atoms with Crippen LogP contribution in [-0.2, 0) is 4.74 Å². The fraction of sp³-hybridized carbons (Fsp3) is 0.600. The van der Waals surface area contributed by atoms with Crippen LogP contribution >= 0.6 is 0 Å². The summed E-state index contributed by atoms with van der Waals surface area (Å²) in [5, 5.41) is 36.9. The van der Waals surface area contributed by atoms with Crippen molar-refractivity contribution in [3.05, 3.63) is 0 Å². The Morgan fingerprint density at radius 1 is 1.29 bits per heavy atom. The van der Waals surface area contributed by atoms with Crippen molar-refractivity contribution in [1.29, 1.82) is 0 Å². The molecule has 114 valence electrons. The number of methoxy groups -OCH3 is 1. The van der Waals surface area contributed by atoms with Crippen LogP contribution in [0.1, 0.15) is 6.23 Å². The third-order valence-corrected chi connectivity index (χ3v) is 3.19. The largest absolute Gasteiger partial charge is 0.479 e. The summed E-state index contributed by atoms with van der Waals surface area (Å²) in [7, 11) is 1.40. The number of nitrogens with two attached hydrogens (primary N) is 1. The van der Waals surface area contributed by atoms with E-state index < -0.39 is 31.1 Å². The van der Waals surface area contributed by atoms with Crippen molar-refractivity contribution < 1.29 is 24.8 Å². The van der Waals surface area contributed by atoms with Crippen LogP contribution in [0.4, 0.5) is 5.95 Å². The number of aliphatic hydroxyl groups is 3. The molecule has 0 radical (unpaired) electrons. The summed E-state index contributed by atoms with van der Waals surface area (Å²) in [6.07, 6.45) is -4.51. The van der Waals surface area contributed by atoms with E-state index in [1.165, 1.54) is 7.11 Å². The van der Waals surface area contributed by atoms with E-state index in [2.05, 4.69) is 20.2 Å². The Labute approximate surface area is 117 Å². The summed E-state index contributed by atoms with van der Waals surface area (Å²) >= 11 is 0. The number of ether oxygens (including phenoxy) is 2. The lowest BCUT2D eigenvalue weighted by Crippen LogP contribution is -2.33. The number of fused-ring (bicyclic) bond motifs is 1. The van der Waals surface area contributed by atoms with Crippen molar-refractivity contribution in [1.82, 2.24) is 25.0 Å². The fourth-order valence-electron chi connectivity index (χ4n) is 2.15. The van der Waals surface area contributed by atoms with Gasteiger partial charge in [0.25, 0.3) is 0 Å². The Morgan fingerprint density at radius 3 is 2.67 bits per heavy atom. The molecule has 5 N–H and O–H groups in total. The van der Waals surface area contributed by atoms with Gasteiger partial charge in [0.15, 0.2) is 11.7 Å². The number of hydrogen-bond acceptors (Lipinski definition) is 10. The van der Waals surface area contributed by atoms with Gasteiger partial charge in [-0.25, -0.2) is 0 Å². The predicted octanol–water partition coefficient (Wildman–Crippen LogP) is -2.58. The van der Waals surface area contributed by atoms with Crippen molar-refractivity contribution in [2.75, 3.05) is 19.5 Å². The van der Waals surface area contributed by atoms with E-state index in [1.807, 2.05) is 0 Å². The SMILES string of the molecule is COc1nc(N)nc2nn(C3OC(CO)C(O)C3O)nc12. The van der Waals surface area contributed by atoms with Crippen LogP contribution in [-0.4, -0.2) is 72.3 Å². The zero-order valence-electron chi connectivity index (χ0n) is 11.0. The molecule has 2 aromatic heterocycles. The molecule has 0 amide bonds. The molecule has 1 fully saturated rings. The van der Waals surface area contributed by atoms with Crippen LogP contribution in [0.3, 0.4) is 0 Å². The molecule has 0 spiro atoms. The third kappa shape index (κ3) is 2.15. The molecular weight excluding hydrogens is 284 g/mol. The molecule has 3 rings (SSSR count). The zero-order valence-corrected chi connectivity index (χ0v) is 11.0. The molecule has 11 heteroatoms. The number of hydrogen-bond donors (Lipinski definition) is 4. The first-order chi connectivity index (χ1) is 10.0. The van der Waals surface area contributed by atoms with E-state index in [-0.39, 0.29) is 23.0 Å². The van der Waals surface area contributed by atoms with Crippen LogP contribution in [0.25, 0.3) is 11.2 Å². The lowest BCUT2D eigenvalue weighted by molar-refractivity contribution is -0.0650. The van der Waals surface area contributed by atoms with Gasteiger partial charge in [-0.2, -0.15) is 9.97 Å². The molecule has 0 aromatic carbocycles. The lowest BCUT2D eigenvalue weighted by Gasteiger charge is -2.12. The van der Waals surface area contributed by atoms with Gasteiger partial charge in [0.1, 0.15) is 18.3 Å². The average Bonchev–Trinajstić information content (AvgIpc) is 3.00. The molecule has 1 aliphatic rings. The van der Waals surface area contributed by atoms with E-state index in [4.69, 9.17) is 20.3 Å². The Kier molecular flexibility index (Phi) is 3.33. The van der Waals surface area contributed by atoms with Gasteiger partial charge in [0.2, 0.25) is 17.5 Å². The Bertz CT molecular complexity index is 663. The second-order valence-electron chi connectivity index (χ2n) is 4.51. The number of nitrogens with zero attached hydrogens (tertiary/aromatic N) is 5. The summed E-state index contributed by atoms with van der Waals surface area (Å²) in [6.45, 7) is -0.439. The topological polar surface area (TPSA) is 162 Å². The normalized spacial score (nSPS) is 29.1. The summed E-state index contributed by atoms with van der Waals surface area (Å²) in [6, 6.07) is 0. The van der Waals surface area contributed by atoms with E-state index in [9.17, 15) is 10.2 Å². The molecule has 3 heterocycles. The maximum Gasteiger partial charge on any atom is 0.248 e. The van der Waals surface area contributed by atoms with Crippen molar-refractivity contribution in [2.24, 2.45) is 0 Å². The predicted molar refractivity (Wildman–Crippen MR) is 67.1 cm³/mol. The molecule has 2 aromatic rings. The van der Waals surface area contributed by atoms with Gasteiger partial charge in [0.05, 0.1) is 13.7 Å². The standard InChI is InChI=1S/C10H14N6O5/c1-20-8-4-7(12-10(11)13-8)15-16(14-4)9-6(19)5(18)3(2-17)21-9/h3,5-6,9,17-19H,2H2,1H3,(H2,11,12,15). The van der Waals surface area contributed by atoms with Gasteiger partial charge in [0, 0.05) is 0 Å². The second-order valence-corrected chi connectivity index (χ2v) is 4.51. The molecule has 11 nitrogen and oxygen atoms in total. The van der Waals surface area contributed by atoms with Crippen molar-refractivity contribution in [2.45, 2.75) is 24.5 Å². The highest BCUT2D eigenvalue weighted by Gasteiger charge is 2.44. The molecule has 4 atom stereocenters. The highest BCUT2D eigenvalue weighted by Crippen LogP contribution is 2.29. The maximum absolute atomic E-state index is 9.94. The van der Waals surface area contributed by atoms with Crippen LogP contribution in [0, 0.1) is 0 Å². The summed E-state index contributed by atoms with van der Waals surface area (Å²) in [5.74, 6) is 0.100. The van der Waals surface area contributed by atoms with Crippen LogP contribution < -0.4 is 10.5 Å². The Balaban J connectivity index is 2.02. The Morgan fingerprint density at radius 2 is 2.05 bits per heavy atom. The smallest absolute Gasteiger partial charge is 0.248 e. The zero-order chi connectivity index (χ0) is 15.1. The third-order valence-electron chi connectivity index (χ3n) is 3.19. The van der Waals surface area contributed by atoms with Gasteiger partial charge < -0.3 is 30.5 Å². The number of aromatic nitrogens is 5. The fourth-order valence-corrected chi connectivity index (χ4v) is 2.15. The molecule has 1 saturated heterocycles. The van der Waals surface area contributed by atoms with Crippen molar-refractivity contribution in [3.63, 3.8) is 0 Å². The van der Waals surface area contributed by atoms with Gasteiger partial charge in [-0.3, -0.25) is 0 Å². The van der Waals surface area contributed by atoms with Gasteiger partial charge in [-0.15, -0.1) is 15.0 Å². The minimum atomic E-state index is -1.29. The van der Waals surface area contributed by atoms with Crippen molar-refractivity contribution >= 4 is 17.1 Å². The number of aliphatic hydroxyl groups excluding tert-OH is 3. The molecule has 0 bridgehead atoms. The van der Waals surface area contributed by atoms with E-state index in [0.717, 1.165) is 4.80 Å². The minimum Gasteiger partial charge on any atom is -0.479 e.